The third-order valence-corrected chi connectivity index (χ3v) is 3.97. The summed E-state index contributed by atoms with van der Waals surface area (Å²) in [4.78, 5) is 11.8. The Morgan fingerprint density at radius 1 is 1.05 bits per heavy atom. The largest absolute Gasteiger partial charge is 0.504 e. The van der Waals surface area contributed by atoms with Crippen molar-refractivity contribution in [3.8, 4) is 11.5 Å². The highest BCUT2D eigenvalue weighted by Crippen LogP contribution is 2.26. The monoisotopic (exact) mass is 306 g/mol. The van der Waals surface area contributed by atoms with Crippen molar-refractivity contribution in [2.45, 2.75) is 71.1 Å². The minimum atomic E-state index is 0.171. The van der Waals surface area contributed by atoms with Crippen LogP contribution in [-0.4, -0.2) is 18.0 Å². The Labute approximate surface area is 134 Å². The van der Waals surface area contributed by atoms with Crippen LogP contribution in [0.1, 0.15) is 70.3 Å². The van der Waals surface area contributed by atoms with Gasteiger partial charge < -0.3 is 9.84 Å². The first-order valence-electron chi connectivity index (χ1n) is 8.55. The van der Waals surface area contributed by atoms with E-state index in [0.29, 0.717) is 18.0 Å². The lowest BCUT2D eigenvalue weighted by atomic mass is 10.0. The van der Waals surface area contributed by atoms with Gasteiger partial charge in [0.05, 0.1) is 7.11 Å². The fourth-order valence-corrected chi connectivity index (χ4v) is 2.58. The van der Waals surface area contributed by atoms with Crippen LogP contribution in [0.25, 0.3) is 0 Å². The van der Waals surface area contributed by atoms with Crippen molar-refractivity contribution in [1.29, 1.82) is 0 Å². The third-order valence-electron chi connectivity index (χ3n) is 3.97. The zero-order valence-corrected chi connectivity index (χ0v) is 14.1. The van der Waals surface area contributed by atoms with Gasteiger partial charge in [0.25, 0.3) is 0 Å². The van der Waals surface area contributed by atoms with Gasteiger partial charge in [-0.2, -0.15) is 0 Å². The molecule has 1 aromatic carbocycles. The summed E-state index contributed by atoms with van der Waals surface area (Å²) in [6.07, 6.45) is 10.3. The summed E-state index contributed by atoms with van der Waals surface area (Å²) in [5.41, 5.74) is 1.14. The Balaban J connectivity index is 2.13. The van der Waals surface area contributed by atoms with E-state index in [9.17, 15) is 9.90 Å². The predicted octanol–water partition coefficient (Wildman–Crippen LogP) is 5.04. The summed E-state index contributed by atoms with van der Waals surface area (Å²) in [6.45, 7) is 2.20. The fourth-order valence-electron chi connectivity index (χ4n) is 2.58. The molecular weight excluding hydrogens is 276 g/mol. The van der Waals surface area contributed by atoms with Gasteiger partial charge in [-0.15, -0.1) is 0 Å². The van der Waals surface area contributed by atoms with Crippen LogP contribution < -0.4 is 4.74 Å². The molecule has 22 heavy (non-hydrogen) atoms. The van der Waals surface area contributed by atoms with Crippen LogP contribution in [0, 0.1) is 0 Å². The number of phenolic OH excluding ortho intramolecular Hbond substituents is 1. The van der Waals surface area contributed by atoms with E-state index in [1.165, 1.54) is 25.7 Å². The predicted molar refractivity (Wildman–Crippen MR) is 90.6 cm³/mol. The van der Waals surface area contributed by atoms with Gasteiger partial charge in [-0.3, -0.25) is 4.79 Å². The molecule has 0 radical (unpaired) electrons. The molecular formula is C19H30O3. The van der Waals surface area contributed by atoms with Gasteiger partial charge in [0.1, 0.15) is 5.78 Å². The molecule has 0 saturated carbocycles. The highest BCUT2D eigenvalue weighted by molar-refractivity contribution is 5.78. The van der Waals surface area contributed by atoms with E-state index in [1.807, 2.05) is 12.1 Å². The van der Waals surface area contributed by atoms with Gasteiger partial charge in [-0.05, 0) is 43.4 Å². The van der Waals surface area contributed by atoms with Crippen molar-refractivity contribution in [3.63, 3.8) is 0 Å². The molecule has 1 aromatic rings. The number of phenols is 1. The van der Waals surface area contributed by atoms with Crippen LogP contribution in [0.2, 0.25) is 0 Å². The maximum absolute atomic E-state index is 11.8. The fraction of sp³-hybridized carbons (Fsp3) is 0.632. The van der Waals surface area contributed by atoms with Crippen molar-refractivity contribution in [1.82, 2.24) is 0 Å². The number of aryl methyl sites for hydroxylation is 1. The number of ketones is 1. The Morgan fingerprint density at radius 3 is 2.41 bits per heavy atom. The van der Waals surface area contributed by atoms with Crippen molar-refractivity contribution in [2.75, 3.05) is 7.11 Å². The standard InChI is InChI=1S/C19H30O3/c1-3-4-5-6-7-11-17(20)12-9-8-10-16-13-14-18(21)19(15-16)22-2/h13-15,21H,3-12H2,1-2H3. The first kappa shape index (κ1) is 18.5. The normalized spacial score (nSPS) is 10.6. The molecule has 0 heterocycles. The molecule has 0 spiro atoms. The smallest absolute Gasteiger partial charge is 0.160 e. The van der Waals surface area contributed by atoms with Crippen LogP contribution in [-0.2, 0) is 11.2 Å². The molecule has 124 valence electrons. The van der Waals surface area contributed by atoms with Crippen molar-refractivity contribution in [3.05, 3.63) is 23.8 Å². The Kier molecular flexibility index (Phi) is 9.36. The summed E-state index contributed by atoms with van der Waals surface area (Å²) in [5, 5.41) is 9.55. The summed E-state index contributed by atoms with van der Waals surface area (Å²) in [7, 11) is 1.55. The van der Waals surface area contributed by atoms with E-state index in [4.69, 9.17) is 4.74 Å². The van der Waals surface area contributed by atoms with E-state index in [1.54, 1.807) is 13.2 Å². The van der Waals surface area contributed by atoms with E-state index >= 15 is 0 Å². The van der Waals surface area contributed by atoms with Crippen LogP contribution in [0.4, 0.5) is 0 Å². The molecule has 0 aliphatic carbocycles. The highest BCUT2D eigenvalue weighted by atomic mass is 16.5. The molecule has 0 aliphatic rings. The quantitative estimate of drug-likeness (QED) is 0.550. The molecule has 1 N–H and O–H groups in total. The average molecular weight is 306 g/mol. The number of ether oxygens (including phenoxy) is 1. The van der Waals surface area contributed by atoms with E-state index in [-0.39, 0.29) is 5.75 Å². The molecule has 0 bridgehead atoms. The Bertz CT molecular complexity index is 440. The molecule has 0 unspecified atom stereocenters. The minimum absolute atomic E-state index is 0.171. The summed E-state index contributed by atoms with van der Waals surface area (Å²) in [5.74, 6) is 1.09. The van der Waals surface area contributed by atoms with Gasteiger partial charge in [-0.25, -0.2) is 0 Å². The summed E-state index contributed by atoms with van der Waals surface area (Å²) < 4.78 is 5.10. The molecule has 0 atom stereocenters. The molecule has 0 saturated heterocycles. The van der Waals surface area contributed by atoms with Crippen LogP contribution >= 0.6 is 0 Å². The lowest BCUT2D eigenvalue weighted by Gasteiger charge is -2.06. The molecule has 0 amide bonds. The second-order valence-corrected chi connectivity index (χ2v) is 5.92. The zero-order valence-electron chi connectivity index (χ0n) is 14.1. The average Bonchev–Trinajstić information content (AvgIpc) is 2.52. The first-order valence-corrected chi connectivity index (χ1v) is 8.55. The van der Waals surface area contributed by atoms with Gasteiger partial charge in [0.15, 0.2) is 11.5 Å². The second-order valence-electron chi connectivity index (χ2n) is 5.92. The van der Waals surface area contributed by atoms with E-state index < -0.39 is 0 Å². The molecule has 0 aromatic heterocycles. The van der Waals surface area contributed by atoms with Gasteiger partial charge in [0.2, 0.25) is 0 Å². The number of hydrogen-bond acceptors (Lipinski definition) is 3. The molecule has 0 aliphatic heterocycles. The third kappa shape index (κ3) is 7.48. The van der Waals surface area contributed by atoms with Crippen LogP contribution in [0.3, 0.4) is 0 Å². The second kappa shape index (κ2) is 11.1. The zero-order chi connectivity index (χ0) is 16.2. The number of hydrogen-bond donors (Lipinski definition) is 1. The lowest BCUT2D eigenvalue weighted by molar-refractivity contribution is -0.119. The van der Waals surface area contributed by atoms with Gasteiger partial charge in [-0.1, -0.05) is 38.7 Å². The van der Waals surface area contributed by atoms with Crippen molar-refractivity contribution < 1.29 is 14.6 Å². The van der Waals surface area contributed by atoms with Crippen LogP contribution in [0.15, 0.2) is 18.2 Å². The minimum Gasteiger partial charge on any atom is -0.504 e. The Morgan fingerprint density at radius 2 is 1.73 bits per heavy atom. The molecule has 3 nitrogen and oxygen atoms in total. The Hall–Kier alpha value is -1.51. The van der Waals surface area contributed by atoms with Crippen molar-refractivity contribution >= 4 is 5.78 Å². The maximum Gasteiger partial charge on any atom is 0.160 e. The number of rotatable bonds is 12. The van der Waals surface area contributed by atoms with E-state index in [2.05, 4.69) is 6.92 Å². The van der Waals surface area contributed by atoms with Crippen LogP contribution in [0.5, 0.6) is 11.5 Å². The SMILES string of the molecule is CCCCCCCC(=O)CCCCc1ccc(O)c(OC)c1. The molecule has 0 fully saturated rings. The number of unbranched alkanes of at least 4 members (excludes halogenated alkanes) is 5. The number of methoxy groups -OCH3 is 1. The number of aromatic hydroxyl groups is 1. The van der Waals surface area contributed by atoms with E-state index in [0.717, 1.165) is 37.7 Å². The number of Topliss-reactive ketones (excluding diaryl/α,β-unsaturated/α-hetero) is 1. The lowest BCUT2D eigenvalue weighted by Crippen LogP contribution is -1.98. The maximum atomic E-state index is 11.8. The van der Waals surface area contributed by atoms with Gasteiger partial charge in [0, 0.05) is 12.8 Å². The number of carbonyl (C=O) groups is 1. The summed E-state index contributed by atoms with van der Waals surface area (Å²) in [6, 6.07) is 5.44. The highest BCUT2D eigenvalue weighted by Gasteiger charge is 2.04. The van der Waals surface area contributed by atoms with Gasteiger partial charge >= 0.3 is 0 Å². The molecule has 3 heteroatoms. The van der Waals surface area contributed by atoms with Crippen molar-refractivity contribution in [2.24, 2.45) is 0 Å². The summed E-state index contributed by atoms with van der Waals surface area (Å²) >= 11 is 0. The topological polar surface area (TPSA) is 46.5 Å². The first-order chi connectivity index (χ1) is 10.7. The number of benzene rings is 1. The molecule has 1 rings (SSSR count). The number of carbonyl (C=O) groups excluding carboxylic acids is 1.